The Morgan fingerprint density at radius 2 is 1.58 bits per heavy atom. The Morgan fingerprint density at radius 3 is 2.15 bits per heavy atom. The first-order chi connectivity index (χ1) is 15.3. The number of carboxylic acids is 2. The molecule has 0 aliphatic heterocycles. The van der Waals surface area contributed by atoms with Gasteiger partial charge in [0.1, 0.15) is 16.9 Å². The van der Waals surface area contributed by atoms with E-state index in [1.54, 1.807) is 0 Å². The third kappa shape index (κ3) is 4.61. The quantitative estimate of drug-likeness (QED) is 0.379. The zero-order valence-corrected chi connectivity index (χ0v) is 18.2. The fourth-order valence-corrected chi connectivity index (χ4v) is 4.00. The van der Waals surface area contributed by atoms with Crippen molar-refractivity contribution in [2.75, 3.05) is 0 Å². The van der Waals surface area contributed by atoms with E-state index < -0.39 is 49.6 Å². The van der Waals surface area contributed by atoms with Crippen molar-refractivity contribution in [1.82, 2.24) is 0 Å². The number of aliphatic carboxylic acids is 1. The lowest BCUT2D eigenvalue weighted by molar-refractivity contribution is -0.134. The van der Waals surface area contributed by atoms with Crippen LogP contribution in [0.4, 0.5) is 0 Å². The van der Waals surface area contributed by atoms with Gasteiger partial charge in [0, 0.05) is 0 Å². The molecule has 0 heterocycles. The molecule has 2 aromatic carbocycles. The van der Waals surface area contributed by atoms with Crippen LogP contribution in [-0.4, -0.2) is 46.0 Å². The van der Waals surface area contributed by atoms with Crippen molar-refractivity contribution in [3.05, 3.63) is 87.5 Å². The number of carbonyl (C=O) groups is 3. The van der Waals surface area contributed by atoms with E-state index in [4.69, 9.17) is 0 Å². The maximum absolute atomic E-state index is 12.3. The van der Waals surface area contributed by atoms with Gasteiger partial charge in [0.15, 0.2) is 5.78 Å². The van der Waals surface area contributed by atoms with Crippen LogP contribution in [0.25, 0.3) is 5.57 Å². The average molecular weight is 470 g/mol. The number of aromatic carboxylic acids is 1. The maximum atomic E-state index is 12.3. The first-order valence-electron chi connectivity index (χ1n) is 9.38. The van der Waals surface area contributed by atoms with Crippen LogP contribution in [0.2, 0.25) is 0 Å². The highest BCUT2D eigenvalue weighted by Gasteiger charge is 2.26. The number of ketones is 1. The molecular weight excluding hydrogens is 452 g/mol. The molecule has 170 valence electrons. The van der Waals surface area contributed by atoms with E-state index >= 15 is 0 Å². The van der Waals surface area contributed by atoms with Crippen LogP contribution in [-0.2, 0) is 19.7 Å². The number of hydrogen-bond acceptors (Lipinski definition) is 6. The third-order valence-electron chi connectivity index (χ3n) is 5.03. The summed E-state index contributed by atoms with van der Waals surface area (Å²) >= 11 is 0. The molecule has 0 fully saturated rings. The predicted molar refractivity (Wildman–Crippen MR) is 117 cm³/mol. The smallest absolute Gasteiger partial charge is 0.339 e. The van der Waals surface area contributed by atoms with Gasteiger partial charge < -0.3 is 15.3 Å². The number of benzene rings is 2. The monoisotopic (exact) mass is 470 g/mol. The number of hydrogen-bond donors (Lipinski definition) is 4. The van der Waals surface area contributed by atoms with E-state index in [2.05, 4.69) is 0 Å². The Hall–Kier alpha value is -4.02. The predicted octanol–water partition coefficient (Wildman–Crippen LogP) is 2.99. The molecule has 9 nitrogen and oxygen atoms in total. The molecule has 0 saturated carbocycles. The molecule has 0 saturated heterocycles. The lowest BCUT2D eigenvalue weighted by Gasteiger charge is -2.18. The van der Waals surface area contributed by atoms with Crippen LogP contribution in [0.1, 0.15) is 34.0 Å². The van der Waals surface area contributed by atoms with Gasteiger partial charge in [0.05, 0.1) is 4.90 Å². The van der Waals surface area contributed by atoms with Crippen molar-refractivity contribution in [3.8, 4) is 5.75 Å². The lowest BCUT2D eigenvalue weighted by atomic mass is 9.85. The van der Waals surface area contributed by atoms with Crippen LogP contribution in [0, 0.1) is 6.92 Å². The van der Waals surface area contributed by atoms with E-state index in [0.29, 0.717) is 0 Å². The molecule has 0 bridgehead atoms. The Balaban J connectivity index is 2.47. The second-order valence-electron chi connectivity index (χ2n) is 7.35. The second-order valence-corrected chi connectivity index (χ2v) is 8.77. The maximum Gasteiger partial charge on any atom is 0.339 e. The molecule has 3 rings (SSSR count). The largest absolute Gasteiger partial charge is 0.507 e. The first-order valence-corrected chi connectivity index (χ1v) is 10.8. The summed E-state index contributed by atoms with van der Waals surface area (Å²) in [5, 5.41) is 29.1. The highest BCUT2D eigenvalue weighted by molar-refractivity contribution is 7.85. The summed E-state index contributed by atoms with van der Waals surface area (Å²) in [6, 6.07) is 7.70. The summed E-state index contributed by atoms with van der Waals surface area (Å²) in [4.78, 5) is 35.1. The molecular formula is C23H18O9S. The van der Waals surface area contributed by atoms with Crippen molar-refractivity contribution < 1.29 is 42.7 Å². The van der Waals surface area contributed by atoms with Crippen LogP contribution in [0.5, 0.6) is 5.75 Å². The molecule has 2 aromatic rings. The number of carboxylic acid groups (broad SMARTS) is 2. The van der Waals surface area contributed by atoms with Gasteiger partial charge >= 0.3 is 11.9 Å². The molecule has 1 aliphatic carbocycles. The highest BCUT2D eigenvalue weighted by atomic mass is 32.2. The fraction of sp³-hybridized carbons (Fsp3) is 0.0870. The van der Waals surface area contributed by atoms with E-state index in [1.807, 2.05) is 0 Å². The lowest BCUT2D eigenvalue weighted by Crippen LogP contribution is -2.17. The molecule has 0 unspecified atom stereocenters. The normalized spacial score (nSPS) is 15.5. The van der Waals surface area contributed by atoms with Gasteiger partial charge in [-0.15, -0.1) is 0 Å². The number of aryl methyl sites for hydroxylation is 1. The van der Waals surface area contributed by atoms with Gasteiger partial charge in [-0.05, 0) is 83.7 Å². The Kier molecular flexibility index (Phi) is 6.08. The molecule has 1 aliphatic rings. The summed E-state index contributed by atoms with van der Waals surface area (Å²) in [5.41, 5.74) is 0.137. The highest BCUT2D eigenvalue weighted by Crippen LogP contribution is 2.36. The molecule has 4 N–H and O–H groups in total. The van der Waals surface area contributed by atoms with E-state index in [9.17, 15) is 42.7 Å². The van der Waals surface area contributed by atoms with Crippen molar-refractivity contribution in [2.24, 2.45) is 0 Å². The summed E-state index contributed by atoms with van der Waals surface area (Å²) in [6.45, 7) is 2.88. The topological polar surface area (TPSA) is 166 Å². The van der Waals surface area contributed by atoms with Gasteiger partial charge in [-0.1, -0.05) is 12.1 Å². The fourth-order valence-electron chi connectivity index (χ4n) is 3.48. The zero-order chi connectivity index (χ0) is 24.7. The summed E-state index contributed by atoms with van der Waals surface area (Å²) in [7, 11) is -4.59. The van der Waals surface area contributed by atoms with Gasteiger partial charge in [0.25, 0.3) is 10.1 Å². The number of phenols is 1. The SMILES string of the molecule is CC1=CC(=C(c2cccc(S(=O)(=O)O)c2)c2cc(C)c(O)c(C(=O)O)c2)C=C(C(=O)O)C1=O. The minimum atomic E-state index is -4.59. The number of allylic oxidation sites excluding steroid dienone is 4. The summed E-state index contributed by atoms with van der Waals surface area (Å²) in [6.07, 6.45) is 2.50. The van der Waals surface area contributed by atoms with Crippen LogP contribution in [0.3, 0.4) is 0 Å². The number of aromatic hydroxyl groups is 1. The molecule has 0 radical (unpaired) electrons. The van der Waals surface area contributed by atoms with E-state index in [-0.39, 0.29) is 33.4 Å². The minimum absolute atomic E-state index is 0.0993. The van der Waals surface area contributed by atoms with Crippen LogP contribution >= 0.6 is 0 Å². The van der Waals surface area contributed by atoms with Gasteiger partial charge in [-0.3, -0.25) is 9.35 Å². The van der Waals surface area contributed by atoms with Crippen molar-refractivity contribution in [3.63, 3.8) is 0 Å². The zero-order valence-electron chi connectivity index (χ0n) is 17.4. The van der Waals surface area contributed by atoms with Crippen molar-refractivity contribution in [1.29, 1.82) is 0 Å². The van der Waals surface area contributed by atoms with Gasteiger partial charge in [-0.25, -0.2) is 9.59 Å². The Labute approximate surface area is 188 Å². The molecule has 0 atom stereocenters. The van der Waals surface area contributed by atoms with E-state index in [0.717, 1.165) is 24.3 Å². The molecule has 0 spiro atoms. The van der Waals surface area contributed by atoms with Crippen LogP contribution < -0.4 is 0 Å². The summed E-state index contributed by atoms with van der Waals surface area (Å²) in [5.74, 6) is -4.05. The number of carbonyl (C=O) groups excluding carboxylic acids is 1. The standard InChI is InChI=1S/C23H18O9S/c1-11-6-14(9-17(20(11)24)22(26)27)19(13-4-3-5-16(8-13)33(30,31)32)15-7-12(2)21(25)18(10-15)23(28)29/h3-10,24H,1-2H3,(H,26,27)(H,28,29)(H,30,31,32). The van der Waals surface area contributed by atoms with E-state index in [1.165, 1.54) is 38.1 Å². The van der Waals surface area contributed by atoms with Crippen molar-refractivity contribution in [2.45, 2.75) is 18.7 Å². The molecule has 10 heteroatoms. The number of Topliss-reactive ketones (excluding diaryl/α,β-unsaturated/α-hetero) is 1. The third-order valence-corrected chi connectivity index (χ3v) is 5.88. The summed E-state index contributed by atoms with van der Waals surface area (Å²) < 4.78 is 32.8. The Morgan fingerprint density at radius 1 is 0.909 bits per heavy atom. The molecule has 33 heavy (non-hydrogen) atoms. The first kappa shape index (κ1) is 23.6. The minimum Gasteiger partial charge on any atom is -0.507 e. The van der Waals surface area contributed by atoms with Crippen molar-refractivity contribution >= 4 is 33.4 Å². The second kappa shape index (κ2) is 8.49. The van der Waals surface area contributed by atoms with Crippen LogP contribution in [0.15, 0.2) is 70.2 Å². The molecule has 0 amide bonds. The molecule has 0 aromatic heterocycles. The average Bonchev–Trinajstić information content (AvgIpc) is 2.72. The van der Waals surface area contributed by atoms with Gasteiger partial charge in [0.2, 0.25) is 0 Å². The number of rotatable bonds is 5. The van der Waals surface area contributed by atoms with Gasteiger partial charge in [-0.2, -0.15) is 8.42 Å². The Bertz CT molecular complexity index is 1420.